The van der Waals surface area contributed by atoms with Gasteiger partial charge >= 0.3 is 0 Å². The van der Waals surface area contributed by atoms with Crippen LogP contribution < -0.4 is 10.1 Å². The van der Waals surface area contributed by atoms with Crippen LogP contribution in [0, 0.1) is 0 Å². The molecule has 2 atom stereocenters. The molecule has 1 heterocycles. The highest BCUT2D eigenvalue weighted by molar-refractivity contribution is 5.40. The number of fused-ring (bicyclic) bond motifs is 1. The first-order chi connectivity index (χ1) is 10.3. The quantitative estimate of drug-likeness (QED) is 0.875. The fourth-order valence-electron chi connectivity index (χ4n) is 3.01. The lowest BCUT2D eigenvalue weighted by atomic mass is 9.99. The van der Waals surface area contributed by atoms with Gasteiger partial charge in [-0.2, -0.15) is 0 Å². The maximum atomic E-state index is 5.60. The number of ether oxygens (including phenoxy) is 1. The molecule has 2 aromatic rings. The summed E-state index contributed by atoms with van der Waals surface area (Å²) in [4.78, 5) is 0. The van der Waals surface area contributed by atoms with E-state index in [-0.39, 0.29) is 0 Å². The van der Waals surface area contributed by atoms with Gasteiger partial charge in [-0.1, -0.05) is 49.4 Å². The molecule has 0 fully saturated rings. The van der Waals surface area contributed by atoms with Gasteiger partial charge in [0.2, 0.25) is 0 Å². The minimum absolute atomic E-state index is 0.348. The van der Waals surface area contributed by atoms with Crippen LogP contribution in [0.3, 0.4) is 0 Å². The van der Waals surface area contributed by atoms with Crippen LogP contribution in [0.25, 0.3) is 0 Å². The summed E-state index contributed by atoms with van der Waals surface area (Å²) in [5.74, 6) is 1.06. The highest BCUT2D eigenvalue weighted by Crippen LogP contribution is 2.30. The molecule has 0 aromatic heterocycles. The molecule has 0 bridgehead atoms. The average Bonchev–Trinajstić information content (AvgIpc) is 3.00. The van der Waals surface area contributed by atoms with Gasteiger partial charge in [0.25, 0.3) is 0 Å². The highest BCUT2D eigenvalue weighted by Gasteiger charge is 2.17. The normalized spacial score (nSPS) is 16.1. The lowest BCUT2D eigenvalue weighted by Gasteiger charge is -2.23. The molecular weight excluding hydrogens is 258 g/mol. The molecule has 1 N–H and O–H groups in total. The monoisotopic (exact) mass is 281 g/mol. The summed E-state index contributed by atoms with van der Waals surface area (Å²) in [5, 5.41) is 3.75. The van der Waals surface area contributed by atoms with Gasteiger partial charge in [0.15, 0.2) is 0 Å². The van der Waals surface area contributed by atoms with E-state index in [1.807, 2.05) is 0 Å². The Labute approximate surface area is 127 Å². The van der Waals surface area contributed by atoms with Crippen LogP contribution in [0.4, 0.5) is 0 Å². The van der Waals surface area contributed by atoms with Gasteiger partial charge in [0, 0.05) is 18.5 Å². The first kappa shape index (κ1) is 14.2. The third-order valence-corrected chi connectivity index (χ3v) is 4.27. The molecule has 2 heteroatoms. The summed E-state index contributed by atoms with van der Waals surface area (Å²) in [6, 6.07) is 18.0. The Morgan fingerprint density at radius 3 is 2.67 bits per heavy atom. The highest BCUT2D eigenvalue weighted by atomic mass is 16.5. The van der Waals surface area contributed by atoms with E-state index in [2.05, 4.69) is 67.7 Å². The van der Waals surface area contributed by atoms with Crippen molar-refractivity contribution < 1.29 is 4.74 Å². The second-order valence-electron chi connectivity index (χ2n) is 5.73. The third-order valence-electron chi connectivity index (χ3n) is 4.27. The van der Waals surface area contributed by atoms with Gasteiger partial charge in [0.05, 0.1) is 6.61 Å². The van der Waals surface area contributed by atoms with E-state index in [1.54, 1.807) is 0 Å². The van der Waals surface area contributed by atoms with E-state index in [9.17, 15) is 0 Å². The zero-order valence-corrected chi connectivity index (χ0v) is 12.8. The predicted molar refractivity (Wildman–Crippen MR) is 86.7 cm³/mol. The SMILES string of the molecule is CCC(NC(C)c1ccccc1)c1ccc2c(c1)CCO2. The molecule has 21 heavy (non-hydrogen) atoms. The first-order valence-corrected chi connectivity index (χ1v) is 7.84. The molecule has 2 aromatic carbocycles. The molecule has 2 unspecified atom stereocenters. The number of rotatable bonds is 5. The number of hydrogen-bond donors (Lipinski definition) is 1. The Kier molecular flexibility index (Phi) is 4.26. The first-order valence-electron chi connectivity index (χ1n) is 7.84. The minimum atomic E-state index is 0.348. The van der Waals surface area contributed by atoms with Crippen molar-refractivity contribution in [2.75, 3.05) is 6.61 Å². The summed E-state index contributed by atoms with van der Waals surface area (Å²) < 4.78 is 5.60. The van der Waals surface area contributed by atoms with E-state index in [1.165, 1.54) is 16.7 Å². The molecular formula is C19H23NO. The van der Waals surface area contributed by atoms with E-state index >= 15 is 0 Å². The summed E-state index contributed by atoms with van der Waals surface area (Å²) in [5.41, 5.74) is 4.05. The Morgan fingerprint density at radius 1 is 1.10 bits per heavy atom. The molecule has 2 nitrogen and oxygen atoms in total. The van der Waals surface area contributed by atoms with Crippen molar-refractivity contribution in [2.45, 2.75) is 38.8 Å². The van der Waals surface area contributed by atoms with E-state index in [0.29, 0.717) is 12.1 Å². The lowest BCUT2D eigenvalue weighted by molar-refractivity contribution is 0.356. The standard InChI is InChI=1S/C19H23NO/c1-3-18(20-14(2)15-7-5-4-6-8-15)16-9-10-19-17(13-16)11-12-21-19/h4-10,13-14,18,20H,3,11-12H2,1-2H3. The largest absolute Gasteiger partial charge is 0.493 e. The van der Waals surface area contributed by atoms with Crippen LogP contribution in [0.1, 0.15) is 49.0 Å². The Bertz CT molecular complexity index is 594. The Hall–Kier alpha value is -1.80. The molecule has 0 saturated carbocycles. The molecule has 0 spiro atoms. The van der Waals surface area contributed by atoms with Crippen LogP contribution in [-0.2, 0) is 6.42 Å². The fraction of sp³-hybridized carbons (Fsp3) is 0.368. The summed E-state index contributed by atoms with van der Waals surface area (Å²) in [6.07, 6.45) is 2.12. The molecule has 1 aliphatic heterocycles. The number of nitrogens with one attached hydrogen (secondary N) is 1. The zero-order valence-electron chi connectivity index (χ0n) is 12.8. The van der Waals surface area contributed by atoms with Gasteiger partial charge in [-0.3, -0.25) is 0 Å². The molecule has 0 saturated heterocycles. The van der Waals surface area contributed by atoms with Crippen LogP contribution in [-0.4, -0.2) is 6.61 Å². The van der Waals surface area contributed by atoms with Crippen LogP contribution >= 0.6 is 0 Å². The van der Waals surface area contributed by atoms with Crippen molar-refractivity contribution in [3.05, 3.63) is 65.2 Å². The third kappa shape index (κ3) is 3.11. The van der Waals surface area contributed by atoms with E-state index in [0.717, 1.165) is 25.2 Å². The summed E-state index contributed by atoms with van der Waals surface area (Å²) in [7, 11) is 0. The second kappa shape index (κ2) is 6.31. The van der Waals surface area contributed by atoms with Crippen molar-refractivity contribution in [3.8, 4) is 5.75 Å². The van der Waals surface area contributed by atoms with Gasteiger partial charge in [0.1, 0.15) is 5.75 Å². The van der Waals surface area contributed by atoms with Crippen molar-refractivity contribution >= 4 is 0 Å². The van der Waals surface area contributed by atoms with Crippen LogP contribution in [0.5, 0.6) is 5.75 Å². The molecule has 110 valence electrons. The topological polar surface area (TPSA) is 21.3 Å². The fourth-order valence-corrected chi connectivity index (χ4v) is 3.01. The zero-order chi connectivity index (χ0) is 14.7. The van der Waals surface area contributed by atoms with Gasteiger partial charge < -0.3 is 10.1 Å². The number of benzene rings is 2. The molecule has 1 aliphatic rings. The molecule has 0 amide bonds. The van der Waals surface area contributed by atoms with Crippen molar-refractivity contribution in [1.29, 1.82) is 0 Å². The average molecular weight is 281 g/mol. The van der Waals surface area contributed by atoms with Crippen molar-refractivity contribution in [1.82, 2.24) is 5.32 Å². The van der Waals surface area contributed by atoms with Crippen LogP contribution in [0.15, 0.2) is 48.5 Å². The minimum Gasteiger partial charge on any atom is -0.493 e. The van der Waals surface area contributed by atoms with E-state index in [4.69, 9.17) is 4.74 Å². The molecule has 0 radical (unpaired) electrons. The lowest BCUT2D eigenvalue weighted by Crippen LogP contribution is -2.24. The molecule has 3 rings (SSSR count). The van der Waals surface area contributed by atoms with Crippen LogP contribution in [0.2, 0.25) is 0 Å². The summed E-state index contributed by atoms with van der Waals surface area (Å²) >= 11 is 0. The number of hydrogen-bond acceptors (Lipinski definition) is 2. The predicted octanol–water partition coefficient (Wildman–Crippen LogP) is 4.42. The van der Waals surface area contributed by atoms with Gasteiger partial charge in [-0.05, 0) is 36.1 Å². The van der Waals surface area contributed by atoms with Crippen molar-refractivity contribution in [3.63, 3.8) is 0 Å². The smallest absolute Gasteiger partial charge is 0.122 e. The Morgan fingerprint density at radius 2 is 1.90 bits per heavy atom. The Balaban J connectivity index is 1.76. The second-order valence-corrected chi connectivity index (χ2v) is 5.73. The van der Waals surface area contributed by atoms with Gasteiger partial charge in [-0.25, -0.2) is 0 Å². The maximum Gasteiger partial charge on any atom is 0.122 e. The van der Waals surface area contributed by atoms with E-state index < -0.39 is 0 Å². The summed E-state index contributed by atoms with van der Waals surface area (Å²) in [6.45, 7) is 5.29. The van der Waals surface area contributed by atoms with Gasteiger partial charge in [-0.15, -0.1) is 0 Å². The maximum absolute atomic E-state index is 5.60. The molecule has 0 aliphatic carbocycles. The van der Waals surface area contributed by atoms with Crippen molar-refractivity contribution in [2.24, 2.45) is 0 Å².